The van der Waals surface area contributed by atoms with Gasteiger partial charge in [0.2, 0.25) is 0 Å². The summed E-state index contributed by atoms with van der Waals surface area (Å²) in [6.07, 6.45) is 3.85. The zero-order valence-electron chi connectivity index (χ0n) is 14.7. The van der Waals surface area contributed by atoms with Crippen molar-refractivity contribution in [3.05, 3.63) is 29.3 Å². The molecule has 22 heavy (non-hydrogen) atoms. The molecule has 0 aromatic heterocycles. The number of hydrogen-bond donors (Lipinski definition) is 1. The van der Waals surface area contributed by atoms with Crippen LogP contribution in [-0.4, -0.2) is 31.1 Å². The number of hydrogen-bond acceptors (Lipinski definition) is 3. The first kappa shape index (κ1) is 17.3. The molecule has 1 aromatic rings. The number of rotatable bonds is 7. The number of likely N-dealkylation sites (tertiary alicyclic amines) is 1. The second-order valence-electron chi connectivity index (χ2n) is 6.82. The van der Waals surface area contributed by atoms with E-state index in [-0.39, 0.29) is 0 Å². The number of ether oxygens (including phenoxy) is 1. The third-order valence-electron chi connectivity index (χ3n) is 4.75. The van der Waals surface area contributed by atoms with E-state index in [9.17, 15) is 0 Å². The van der Waals surface area contributed by atoms with Crippen molar-refractivity contribution in [1.29, 1.82) is 0 Å². The lowest BCUT2D eigenvalue weighted by molar-refractivity contribution is 0.176. The molecule has 1 aliphatic rings. The Morgan fingerprint density at radius 1 is 1.41 bits per heavy atom. The predicted octanol–water partition coefficient (Wildman–Crippen LogP) is 3.82. The highest BCUT2D eigenvalue weighted by Crippen LogP contribution is 2.23. The van der Waals surface area contributed by atoms with E-state index in [1.165, 1.54) is 37.1 Å². The maximum atomic E-state index is 5.60. The Bertz CT molecular complexity index is 461. The van der Waals surface area contributed by atoms with Crippen molar-refractivity contribution in [3.63, 3.8) is 0 Å². The SMILES string of the molecule is CCC(C)NCc1ccc(CN2CCCC(C)C2)cc1OC. The highest BCUT2D eigenvalue weighted by molar-refractivity contribution is 5.37. The number of piperidine rings is 1. The minimum absolute atomic E-state index is 0.541. The molecule has 3 heteroatoms. The molecule has 3 nitrogen and oxygen atoms in total. The standard InChI is InChI=1S/C19H32N2O/c1-5-16(3)20-12-18-9-8-17(11-19(18)22-4)14-21-10-6-7-15(2)13-21/h8-9,11,15-16,20H,5-7,10,12-14H2,1-4H3. The molecule has 1 heterocycles. The Balaban J connectivity index is 1.98. The Morgan fingerprint density at radius 2 is 2.23 bits per heavy atom. The van der Waals surface area contributed by atoms with Gasteiger partial charge in [0.05, 0.1) is 7.11 Å². The van der Waals surface area contributed by atoms with E-state index in [1.807, 2.05) is 0 Å². The van der Waals surface area contributed by atoms with E-state index in [2.05, 4.69) is 49.2 Å². The molecule has 0 saturated carbocycles. The van der Waals surface area contributed by atoms with E-state index in [0.29, 0.717) is 6.04 Å². The van der Waals surface area contributed by atoms with Crippen molar-refractivity contribution >= 4 is 0 Å². The van der Waals surface area contributed by atoms with Gasteiger partial charge in [-0.05, 0) is 50.3 Å². The lowest BCUT2D eigenvalue weighted by atomic mass is 9.99. The highest BCUT2D eigenvalue weighted by atomic mass is 16.5. The first-order valence-corrected chi connectivity index (χ1v) is 8.73. The summed E-state index contributed by atoms with van der Waals surface area (Å²) in [6, 6.07) is 7.23. The Morgan fingerprint density at radius 3 is 2.91 bits per heavy atom. The number of nitrogens with zero attached hydrogens (tertiary/aromatic N) is 1. The summed E-state index contributed by atoms with van der Waals surface area (Å²) in [5.41, 5.74) is 2.61. The van der Waals surface area contributed by atoms with Crippen molar-refractivity contribution in [2.24, 2.45) is 5.92 Å². The molecule has 0 amide bonds. The van der Waals surface area contributed by atoms with Crippen LogP contribution in [0.1, 0.15) is 51.2 Å². The van der Waals surface area contributed by atoms with Gasteiger partial charge in [-0.1, -0.05) is 26.0 Å². The minimum Gasteiger partial charge on any atom is -0.496 e. The zero-order chi connectivity index (χ0) is 15.9. The fraction of sp³-hybridized carbons (Fsp3) is 0.684. The van der Waals surface area contributed by atoms with Crippen molar-refractivity contribution in [1.82, 2.24) is 10.2 Å². The molecular weight excluding hydrogens is 272 g/mol. The summed E-state index contributed by atoms with van der Waals surface area (Å²) in [5.74, 6) is 1.84. The second kappa shape index (κ2) is 8.54. The van der Waals surface area contributed by atoms with Crippen LogP contribution < -0.4 is 10.1 Å². The van der Waals surface area contributed by atoms with Crippen molar-refractivity contribution in [2.45, 2.75) is 59.2 Å². The van der Waals surface area contributed by atoms with Crippen LogP contribution in [0.3, 0.4) is 0 Å². The van der Waals surface area contributed by atoms with E-state index >= 15 is 0 Å². The molecule has 2 rings (SSSR count). The molecule has 0 radical (unpaired) electrons. The third kappa shape index (κ3) is 4.99. The normalized spacial score (nSPS) is 20.8. The molecule has 1 N–H and O–H groups in total. The molecule has 1 fully saturated rings. The first-order chi connectivity index (χ1) is 10.6. The van der Waals surface area contributed by atoms with Gasteiger partial charge in [-0.2, -0.15) is 0 Å². The maximum Gasteiger partial charge on any atom is 0.123 e. The molecule has 1 aromatic carbocycles. The van der Waals surface area contributed by atoms with Gasteiger partial charge in [0.1, 0.15) is 5.75 Å². The molecule has 1 aliphatic heterocycles. The molecule has 0 bridgehead atoms. The Labute approximate surface area is 136 Å². The summed E-state index contributed by atoms with van der Waals surface area (Å²) >= 11 is 0. The van der Waals surface area contributed by atoms with Crippen molar-refractivity contribution < 1.29 is 4.74 Å². The number of methoxy groups -OCH3 is 1. The molecule has 124 valence electrons. The van der Waals surface area contributed by atoms with Gasteiger partial charge >= 0.3 is 0 Å². The van der Waals surface area contributed by atoms with E-state index < -0.39 is 0 Å². The Kier molecular flexibility index (Phi) is 6.71. The fourth-order valence-corrected chi connectivity index (χ4v) is 3.15. The van der Waals surface area contributed by atoms with Crippen LogP contribution in [0, 0.1) is 5.92 Å². The van der Waals surface area contributed by atoms with Crippen LogP contribution in [0.15, 0.2) is 18.2 Å². The van der Waals surface area contributed by atoms with E-state index in [1.54, 1.807) is 7.11 Å². The van der Waals surface area contributed by atoms with Gasteiger partial charge in [0.25, 0.3) is 0 Å². The van der Waals surface area contributed by atoms with Crippen LogP contribution in [0.4, 0.5) is 0 Å². The quantitative estimate of drug-likeness (QED) is 0.829. The summed E-state index contributed by atoms with van der Waals surface area (Å²) < 4.78 is 5.60. The zero-order valence-corrected chi connectivity index (χ0v) is 14.7. The first-order valence-electron chi connectivity index (χ1n) is 8.73. The van der Waals surface area contributed by atoms with Gasteiger partial charge in [-0.15, -0.1) is 0 Å². The van der Waals surface area contributed by atoms with Gasteiger partial charge in [0.15, 0.2) is 0 Å². The van der Waals surface area contributed by atoms with Gasteiger partial charge < -0.3 is 10.1 Å². The van der Waals surface area contributed by atoms with Gasteiger partial charge in [0, 0.05) is 31.2 Å². The summed E-state index contributed by atoms with van der Waals surface area (Å²) in [5, 5.41) is 3.54. The van der Waals surface area contributed by atoms with Gasteiger partial charge in [-0.3, -0.25) is 4.90 Å². The van der Waals surface area contributed by atoms with Gasteiger partial charge in [-0.25, -0.2) is 0 Å². The van der Waals surface area contributed by atoms with Crippen molar-refractivity contribution in [3.8, 4) is 5.75 Å². The Hall–Kier alpha value is -1.06. The predicted molar refractivity (Wildman–Crippen MR) is 93.3 cm³/mol. The minimum atomic E-state index is 0.541. The average molecular weight is 304 g/mol. The number of nitrogens with one attached hydrogen (secondary N) is 1. The smallest absolute Gasteiger partial charge is 0.123 e. The molecule has 2 atom stereocenters. The van der Waals surface area contributed by atoms with E-state index in [0.717, 1.165) is 31.2 Å². The lowest BCUT2D eigenvalue weighted by Gasteiger charge is -2.31. The van der Waals surface area contributed by atoms with Crippen LogP contribution in [0.25, 0.3) is 0 Å². The fourth-order valence-electron chi connectivity index (χ4n) is 3.15. The molecule has 0 aliphatic carbocycles. The van der Waals surface area contributed by atoms with Crippen LogP contribution in [0.5, 0.6) is 5.75 Å². The van der Waals surface area contributed by atoms with Crippen molar-refractivity contribution in [2.75, 3.05) is 20.2 Å². The molecule has 0 spiro atoms. The second-order valence-corrected chi connectivity index (χ2v) is 6.82. The average Bonchev–Trinajstić information content (AvgIpc) is 2.53. The van der Waals surface area contributed by atoms with Crippen LogP contribution >= 0.6 is 0 Å². The lowest BCUT2D eigenvalue weighted by Crippen LogP contribution is -2.33. The highest BCUT2D eigenvalue weighted by Gasteiger charge is 2.16. The number of benzene rings is 1. The van der Waals surface area contributed by atoms with Crippen LogP contribution in [-0.2, 0) is 13.1 Å². The topological polar surface area (TPSA) is 24.5 Å². The van der Waals surface area contributed by atoms with Crippen LogP contribution in [0.2, 0.25) is 0 Å². The maximum absolute atomic E-state index is 5.60. The van der Waals surface area contributed by atoms with E-state index in [4.69, 9.17) is 4.74 Å². The molecule has 1 saturated heterocycles. The summed E-state index contributed by atoms with van der Waals surface area (Å²) in [6.45, 7) is 11.1. The summed E-state index contributed by atoms with van der Waals surface area (Å²) in [7, 11) is 1.77. The molecular formula is C19H32N2O. The largest absolute Gasteiger partial charge is 0.496 e. The molecule has 2 unspecified atom stereocenters. The third-order valence-corrected chi connectivity index (χ3v) is 4.75. The monoisotopic (exact) mass is 304 g/mol. The summed E-state index contributed by atoms with van der Waals surface area (Å²) in [4.78, 5) is 2.57.